The van der Waals surface area contributed by atoms with Crippen LogP contribution in [-0.4, -0.2) is 39.9 Å². The summed E-state index contributed by atoms with van der Waals surface area (Å²) in [6.07, 6.45) is 2.12. The lowest BCUT2D eigenvalue weighted by Crippen LogP contribution is -2.47. The van der Waals surface area contributed by atoms with E-state index in [0.29, 0.717) is 6.54 Å². The highest BCUT2D eigenvalue weighted by Crippen LogP contribution is 2.19. The minimum Gasteiger partial charge on any atom is -0.361 e. The van der Waals surface area contributed by atoms with Crippen molar-refractivity contribution in [2.24, 2.45) is 0 Å². The van der Waals surface area contributed by atoms with Crippen LogP contribution >= 0.6 is 0 Å². The summed E-state index contributed by atoms with van der Waals surface area (Å²) in [6, 6.07) is 0.197. The number of aliphatic hydroxyl groups excluding tert-OH is 1. The van der Waals surface area contributed by atoms with Gasteiger partial charge in [-0.05, 0) is 25.7 Å². The van der Waals surface area contributed by atoms with Gasteiger partial charge in [0.25, 0.3) is 5.91 Å². The van der Waals surface area contributed by atoms with Gasteiger partial charge in [0.1, 0.15) is 0 Å². The summed E-state index contributed by atoms with van der Waals surface area (Å²) in [4.78, 5) is 12.9. The van der Waals surface area contributed by atoms with Crippen LogP contribution < -0.4 is 0 Å². The molecule has 0 bridgehead atoms. The Labute approximate surface area is 78.2 Å². The first-order chi connectivity index (χ1) is 6.16. The Morgan fingerprint density at radius 1 is 1.54 bits per heavy atom. The molecule has 1 amide bonds. The maximum atomic E-state index is 11.3. The summed E-state index contributed by atoms with van der Waals surface area (Å²) < 4.78 is 0. The van der Waals surface area contributed by atoms with E-state index in [1.54, 1.807) is 4.90 Å². The lowest BCUT2D eigenvalue weighted by Gasteiger charge is -2.35. The van der Waals surface area contributed by atoms with Crippen molar-refractivity contribution < 1.29 is 15.0 Å². The normalized spacial score (nSPS) is 23.7. The van der Waals surface area contributed by atoms with Crippen LogP contribution in [0.5, 0.6) is 0 Å². The Bertz CT molecular complexity index is 182. The van der Waals surface area contributed by atoms with Crippen LogP contribution in [0.4, 0.5) is 0 Å². The highest BCUT2D eigenvalue weighted by atomic mass is 16.5. The summed E-state index contributed by atoms with van der Waals surface area (Å²) in [5, 5.41) is 17.5. The predicted octanol–water partition coefficient (Wildman–Crippen LogP) is 0.0882. The molecular weight excluding hydrogens is 170 g/mol. The van der Waals surface area contributed by atoms with Crippen LogP contribution in [0.3, 0.4) is 0 Å². The Morgan fingerprint density at radius 2 is 2.23 bits per heavy atom. The molecule has 0 aromatic carbocycles. The van der Waals surface area contributed by atoms with Gasteiger partial charge in [-0.25, -0.2) is 0 Å². The van der Waals surface area contributed by atoms with E-state index in [1.807, 2.05) is 6.92 Å². The Kier molecular flexibility index (Phi) is 3.69. The van der Waals surface area contributed by atoms with Gasteiger partial charge in [0, 0.05) is 12.6 Å². The van der Waals surface area contributed by atoms with Gasteiger partial charge < -0.3 is 15.1 Å². The summed E-state index contributed by atoms with van der Waals surface area (Å²) in [6.45, 7) is 2.68. The first kappa shape index (κ1) is 10.5. The van der Waals surface area contributed by atoms with E-state index >= 15 is 0 Å². The molecule has 0 spiro atoms. The molecule has 1 heterocycles. The molecule has 0 aliphatic carbocycles. The molecule has 1 rings (SSSR count). The van der Waals surface area contributed by atoms with Gasteiger partial charge in [-0.2, -0.15) is 0 Å². The van der Waals surface area contributed by atoms with Crippen molar-refractivity contribution in [3.63, 3.8) is 0 Å². The quantitative estimate of drug-likeness (QED) is 0.602. The van der Waals surface area contributed by atoms with Gasteiger partial charge in [-0.15, -0.1) is 0 Å². The number of carbonyl (C=O) groups excluding carboxylic acids is 1. The molecule has 1 unspecified atom stereocenters. The molecule has 1 saturated heterocycles. The number of aliphatic hydroxyl groups is 2. The SMILES string of the molecule is CCC1CCCCN1C(=O)C(O)O. The number of hydrogen-bond donors (Lipinski definition) is 2. The molecule has 76 valence electrons. The van der Waals surface area contributed by atoms with Crippen LogP contribution in [0.2, 0.25) is 0 Å². The second-order valence-electron chi connectivity index (χ2n) is 3.46. The van der Waals surface area contributed by atoms with Gasteiger partial charge in [0.2, 0.25) is 6.29 Å². The van der Waals surface area contributed by atoms with Crippen molar-refractivity contribution in [2.45, 2.75) is 44.9 Å². The number of nitrogens with zero attached hydrogens (tertiary/aromatic N) is 1. The summed E-state index contributed by atoms with van der Waals surface area (Å²) in [5.41, 5.74) is 0. The maximum Gasteiger partial charge on any atom is 0.279 e. The molecule has 13 heavy (non-hydrogen) atoms. The van der Waals surface area contributed by atoms with E-state index in [-0.39, 0.29) is 6.04 Å². The third-order valence-corrected chi connectivity index (χ3v) is 2.60. The third kappa shape index (κ3) is 2.42. The van der Waals surface area contributed by atoms with Crippen LogP contribution in [0.1, 0.15) is 32.6 Å². The van der Waals surface area contributed by atoms with Crippen molar-refractivity contribution in [3.05, 3.63) is 0 Å². The topological polar surface area (TPSA) is 60.8 Å². The van der Waals surface area contributed by atoms with Crippen molar-refractivity contribution >= 4 is 5.91 Å². The smallest absolute Gasteiger partial charge is 0.279 e. The molecule has 1 fully saturated rings. The van der Waals surface area contributed by atoms with Gasteiger partial charge in [0.05, 0.1) is 0 Å². The molecule has 2 N–H and O–H groups in total. The van der Waals surface area contributed by atoms with Gasteiger partial charge in [-0.3, -0.25) is 4.79 Å². The molecule has 1 aliphatic rings. The largest absolute Gasteiger partial charge is 0.361 e. The van der Waals surface area contributed by atoms with Crippen LogP contribution in [0, 0.1) is 0 Å². The minimum atomic E-state index is -1.84. The van der Waals surface area contributed by atoms with E-state index < -0.39 is 12.2 Å². The van der Waals surface area contributed by atoms with Crippen LogP contribution in [0.25, 0.3) is 0 Å². The Balaban J connectivity index is 2.58. The summed E-state index contributed by atoms with van der Waals surface area (Å²) in [7, 11) is 0. The Morgan fingerprint density at radius 3 is 2.77 bits per heavy atom. The molecule has 1 atom stereocenters. The standard InChI is InChI=1S/C9H17NO3/c1-2-7-5-3-4-6-10(7)8(11)9(12)13/h7,9,12-13H,2-6H2,1H3. The molecule has 1 aliphatic heterocycles. The number of carbonyl (C=O) groups is 1. The van der Waals surface area contributed by atoms with Gasteiger partial charge in [-0.1, -0.05) is 6.92 Å². The van der Waals surface area contributed by atoms with Gasteiger partial charge in [0.15, 0.2) is 0 Å². The summed E-state index contributed by atoms with van der Waals surface area (Å²) >= 11 is 0. The average molecular weight is 187 g/mol. The first-order valence-electron chi connectivity index (χ1n) is 4.83. The zero-order chi connectivity index (χ0) is 9.84. The third-order valence-electron chi connectivity index (χ3n) is 2.60. The minimum absolute atomic E-state index is 0.197. The van der Waals surface area contributed by atoms with E-state index in [4.69, 9.17) is 10.2 Å². The Hall–Kier alpha value is -0.610. The van der Waals surface area contributed by atoms with Crippen LogP contribution in [-0.2, 0) is 4.79 Å². The number of rotatable bonds is 2. The summed E-state index contributed by atoms with van der Waals surface area (Å²) in [5.74, 6) is -0.549. The van der Waals surface area contributed by atoms with Crippen molar-refractivity contribution in [3.8, 4) is 0 Å². The fourth-order valence-electron chi connectivity index (χ4n) is 1.86. The van der Waals surface area contributed by atoms with Crippen molar-refractivity contribution in [1.29, 1.82) is 0 Å². The molecule has 0 radical (unpaired) electrons. The molecule has 0 aromatic rings. The lowest BCUT2D eigenvalue weighted by atomic mass is 10.00. The van der Waals surface area contributed by atoms with E-state index in [1.165, 1.54) is 0 Å². The number of hydrogen-bond acceptors (Lipinski definition) is 3. The zero-order valence-electron chi connectivity index (χ0n) is 7.94. The van der Waals surface area contributed by atoms with Crippen molar-refractivity contribution in [1.82, 2.24) is 4.90 Å². The fourth-order valence-corrected chi connectivity index (χ4v) is 1.86. The number of piperidine rings is 1. The monoisotopic (exact) mass is 187 g/mol. The maximum absolute atomic E-state index is 11.3. The highest BCUT2D eigenvalue weighted by Gasteiger charge is 2.28. The van der Waals surface area contributed by atoms with E-state index in [9.17, 15) is 4.79 Å². The molecule has 0 saturated carbocycles. The average Bonchev–Trinajstić information content (AvgIpc) is 2.16. The molecular formula is C9H17NO3. The molecule has 0 aromatic heterocycles. The predicted molar refractivity (Wildman–Crippen MR) is 47.9 cm³/mol. The second kappa shape index (κ2) is 4.58. The first-order valence-corrected chi connectivity index (χ1v) is 4.83. The van der Waals surface area contributed by atoms with E-state index in [0.717, 1.165) is 25.7 Å². The zero-order valence-corrected chi connectivity index (χ0v) is 7.94. The highest BCUT2D eigenvalue weighted by molar-refractivity contribution is 5.79. The number of likely N-dealkylation sites (tertiary alicyclic amines) is 1. The van der Waals surface area contributed by atoms with Crippen molar-refractivity contribution in [2.75, 3.05) is 6.54 Å². The molecule has 4 heteroatoms. The van der Waals surface area contributed by atoms with E-state index in [2.05, 4.69) is 0 Å². The number of amides is 1. The van der Waals surface area contributed by atoms with Crippen LogP contribution in [0.15, 0.2) is 0 Å². The second-order valence-corrected chi connectivity index (χ2v) is 3.46. The lowest BCUT2D eigenvalue weighted by molar-refractivity contribution is -0.162. The fraction of sp³-hybridized carbons (Fsp3) is 0.889. The molecule has 4 nitrogen and oxygen atoms in total. The van der Waals surface area contributed by atoms with Gasteiger partial charge >= 0.3 is 0 Å².